The number of cyclic esters (lactones) is 1. The normalized spacial score (nSPS) is 40.2. The van der Waals surface area contributed by atoms with Crippen LogP contribution in [-0.4, -0.2) is 201 Å². The Morgan fingerprint density at radius 3 is 2.30 bits per heavy atom. The Balaban J connectivity index is 1.44. The molecule has 2 aromatic heterocycles. The summed E-state index contributed by atoms with van der Waals surface area (Å²) in [5.41, 5.74) is -3.31. The molecule has 5 heterocycles. The summed E-state index contributed by atoms with van der Waals surface area (Å²) in [5.74, 6) is -3.30. The van der Waals surface area contributed by atoms with Crippen molar-refractivity contribution in [3.63, 3.8) is 0 Å². The Hall–Kier alpha value is -2.80. The maximum absolute atomic E-state index is 14.6. The molecule has 3 fully saturated rings. The molecule has 19 nitrogen and oxygen atoms in total. The molecule has 2 aromatic rings. The third kappa shape index (κ3) is 13.7. The number of rotatable bonds is 14. The lowest BCUT2D eigenvalue weighted by Gasteiger charge is -2.51. The average Bonchev–Trinajstić information content (AvgIpc) is 3.78. The number of alkyl halides is 1. The highest BCUT2D eigenvalue weighted by Gasteiger charge is 2.55. The van der Waals surface area contributed by atoms with E-state index in [-0.39, 0.29) is 36.6 Å². The van der Waals surface area contributed by atoms with Crippen LogP contribution in [0.5, 0.6) is 0 Å². The number of nitrogens with zero attached hydrogens (tertiary/aromatic N) is 6. The molecular weight excluding hydrogens is 944 g/mol. The van der Waals surface area contributed by atoms with Crippen LogP contribution >= 0.6 is 0 Å². The van der Waals surface area contributed by atoms with Crippen molar-refractivity contribution < 1.29 is 66.8 Å². The average molecular weight is 1030 g/mol. The molecule has 0 aromatic carbocycles. The molecule has 0 spiro atoms. The van der Waals surface area contributed by atoms with E-state index in [1.165, 1.54) is 31.0 Å². The van der Waals surface area contributed by atoms with E-state index in [9.17, 15) is 43.1 Å². The highest BCUT2D eigenvalue weighted by molar-refractivity contribution is 7.90. The molecule has 5 N–H and O–H groups in total. The number of hydrogen-bond donors (Lipinski definition) is 5. The first-order valence-electron chi connectivity index (χ1n) is 25.2. The van der Waals surface area contributed by atoms with Gasteiger partial charge in [0.15, 0.2) is 21.2 Å². The van der Waals surface area contributed by atoms with Gasteiger partial charge in [0.2, 0.25) is 0 Å². The van der Waals surface area contributed by atoms with Gasteiger partial charge in [-0.15, -0.1) is 5.10 Å². The zero-order chi connectivity index (χ0) is 53.1. The van der Waals surface area contributed by atoms with Gasteiger partial charge in [0, 0.05) is 69.7 Å². The first kappa shape index (κ1) is 59.1. The second-order valence-corrected chi connectivity index (χ2v) is 24.0. The summed E-state index contributed by atoms with van der Waals surface area (Å²) < 4.78 is 71.6. The Morgan fingerprint density at radius 2 is 1.70 bits per heavy atom. The van der Waals surface area contributed by atoms with Crippen LogP contribution < -0.4 is 0 Å². The van der Waals surface area contributed by atoms with Crippen molar-refractivity contribution in [3.05, 3.63) is 35.8 Å². The second kappa shape index (κ2) is 23.8. The first-order valence-corrected chi connectivity index (χ1v) is 27.1. The number of pyridine rings is 1. The SMILES string of the molecule is CC[C@H]1OC(=O)[C@H](C)[C@@H](C2C[C@@](C)(OC)[C@@H](O)[C@H](C)O2)[C@H](C)[C@@H](O[C@@H]2O[C@H](C)C[C@H](N(C)CCc3cn([C@H](CF)Cc4ccc(S(C)(=O)=O)nc4)nn3)[C@H]2O)[C@](C)(O)C[C@@H](C)CN(C)[C@H](C)[C@@H](O)[C@]1(C)O. The summed E-state index contributed by atoms with van der Waals surface area (Å²) in [4.78, 5) is 22.5. The van der Waals surface area contributed by atoms with Crippen molar-refractivity contribution in [3.8, 4) is 0 Å². The number of aliphatic hydroxyl groups is 5. The van der Waals surface area contributed by atoms with Gasteiger partial charge in [-0.05, 0) is 105 Å². The van der Waals surface area contributed by atoms with Gasteiger partial charge in [0.05, 0.1) is 53.3 Å². The van der Waals surface area contributed by atoms with Crippen LogP contribution in [0.4, 0.5) is 4.39 Å². The van der Waals surface area contributed by atoms with Gasteiger partial charge in [0.1, 0.15) is 36.7 Å². The Morgan fingerprint density at radius 1 is 1.03 bits per heavy atom. The molecule has 19 atom stereocenters. The fourth-order valence-electron chi connectivity index (χ4n) is 11.5. The van der Waals surface area contributed by atoms with Gasteiger partial charge in [-0.2, -0.15) is 0 Å². The van der Waals surface area contributed by atoms with Gasteiger partial charge >= 0.3 is 5.97 Å². The van der Waals surface area contributed by atoms with Gasteiger partial charge in [-0.25, -0.2) is 22.5 Å². The van der Waals surface area contributed by atoms with Gasteiger partial charge in [-0.3, -0.25) is 4.79 Å². The van der Waals surface area contributed by atoms with Gasteiger partial charge in [0.25, 0.3) is 0 Å². The molecular formula is C50H85FN6O13S. The quantitative estimate of drug-likeness (QED) is 0.171. The number of hydrogen-bond acceptors (Lipinski definition) is 18. The smallest absolute Gasteiger partial charge is 0.309 e. The second-order valence-electron chi connectivity index (χ2n) is 22.0. The molecule has 0 saturated carbocycles. The lowest BCUT2D eigenvalue weighted by Crippen LogP contribution is -2.62. The van der Waals surface area contributed by atoms with Crippen molar-refractivity contribution >= 4 is 15.8 Å². The topological polar surface area (TPSA) is 249 Å². The van der Waals surface area contributed by atoms with Gasteiger partial charge in [-0.1, -0.05) is 39.0 Å². The molecule has 5 rings (SSSR count). The Kier molecular flexibility index (Phi) is 19.8. The number of methoxy groups -OCH3 is 1. The van der Waals surface area contributed by atoms with Gasteiger partial charge < -0.3 is 59.0 Å². The molecule has 0 aliphatic carbocycles. The zero-order valence-electron chi connectivity index (χ0n) is 44.4. The van der Waals surface area contributed by atoms with Crippen LogP contribution in [0.2, 0.25) is 0 Å². The minimum Gasteiger partial charge on any atom is -0.459 e. The van der Waals surface area contributed by atoms with E-state index >= 15 is 0 Å². The molecule has 21 heteroatoms. The van der Waals surface area contributed by atoms with Crippen molar-refractivity contribution in [1.82, 2.24) is 29.8 Å². The summed E-state index contributed by atoms with van der Waals surface area (Å²) in [6.07, 6.45) is -3.08. The molecule has 3 aliphatic heterocycles. The van der Waals surface area contributed by atoms with Crippen molar-refractivity contribution in [2.45, 2.75) is 203 Å². The van der Waals surface area contributed by atoms with Crippen LogP contribution in [0, 0.1) is 23.7 Å². The first-order chi connectivity index (χ1) is 33.0. The predicted octanol–water partition coefficient (Wildman–Crippen LogP) is 2.93. The van der Waals surface area contributed by atoms with E-state index in [0.29, 0.717) is 37.2 Å². The van der Waals surface area contributed by atoms with Crippen LogP contribution in [0.1, 0.15) is 112 Å². The number of ether oxygens (including phenoxy) is 5. The number of esters is 1. The fourth-order valence-corrected chi connectivity index (χ4v) is 12.1. The highest BCUT2D eigenvalue weighted by Crippen LogP contribution is 2.45. The molecule has 1 unspecified atom stereocenters. The minimum atomic E-state index is -3.48. The number of aliphatic hydroxyl groups excluding tert-OH is 3. The van der Waals surface area contributed by atoms with Crippen molar-refractivity contribution in [2.24, 2.45) is 23.7 Å². The zero-order valence-corrected chi connectivity index (χ0v) is 45.2. The van der Waals surface area contributed by atoms with E-state index in [1.54, 1.807) is 53.8 Å². The maximum Gasteiger partial charge on any atom is 0.309 e. The third-order valence-electron chi connectivity index (χ3n) is 15.9. The highest BCUT2D eigenvalue weighted by atomic mass is 32.2. The number of carbonyl (C=O) groups is 1. The van der Waals surface area contributed by atoms with E-state index in [2.05, 4.69) is 15.3 Å². The molecule has 0 amide bonds. The monoisotopic (exact) mass is 1030 g/mol. The summed E-state index contributed by atoms with van der Waals surface area (Å²) in [7, 11) is 1.73. The standard InChI is InChI=1S/C50H85FN6O13S/c1-15-39-50(10,63)43(59)32(6)56(12)26-28(2)22-48(8,62)45(30(4)41(31(5)46(61)69-39)38-23-49(9,66-13)44(60)33(7)68-38)70-47-42(58)37(20-29(3)67-47)55(11)19-18-35-27-57(54-53-35)36(24-51)21-34-16-17-40(52-25-34)71(14,64)65/h16-17,25,27-33,36-39,41-45,47,58-60,62-63H,15,18-24,26H2,1-14H3/t28-,29-,30+,31-,32-,33+,36+,37+,38?,39-,41+,42-,43-,44+,45-,47+,48-,49-,50-/m1/s1. The molecule has 0 radical (unpaired) electrons. The molecule has 71 heavy (non-hydrogen) atoms. The largest absolute Gasteiger partial charge is 0.459 e. The molecule has 406 valence electrons. The maximum atomic E-state index is 14.6. The molecule has 0 bridgehead atoms. The van der Waals surface area contributed by atoms with Crippen molar-refractivity contribution in [2.75, 3.05) is 47.2 Å². The van der Waals surface area contributed by atoms with Crippen LogP contribution in [0.3, 0.4) is 0 Å². The number of aromatic nitrogens is 4. The number of carbonyl (C=O) groups excluding carboxylic acids is 1. The van der Waals surface area contributed by atoms with E-state index in [1.807, 2.05) is 44.7 Å². The van der Waals surface area contributed by atoms with E-state index < -0.39 is 130 Å². The molecule has 3 saturated heterocycles. The minimum absolute atomic E-state index is 0.0672. The number of halogens is 1. The van der Waals surface area contributed by atoms with Crippen LogP contribution in [0.15, 0.2) is 29.6 Å². The lowest BCUT2D eigenvalue weighted by atomic mass is 9.68. The number of likely N-dealkylation sites (N-methyl/N-ethyl adjacent to an activating group) is 2. The summed E-state index contributed by atoms with van der Waals surface area (Å²) in [6.45, 7) is 17.8. The predicted molar refractivity (Wildman–Crippen MR) is 262 cm³/mol. The third-order valence-corrected chi connectivity index (χ3v) is 16.9. The fraction of sp³-hybridized carbons (Fsp3) is 0.840. The van der Waals surface area contributed by atoms with Crippen LogP contribution in [0.25, 0.3) is 0 Å². The van der Waals surface area contributed by atoms with E-state index in [0.717, 1.165) is 6.26 Å². The van der Waals surface area contributed by atoms with Crippen molar-refractivity contribution in [1.29, 1.82) is 0 Å². The Bertz CT molecular complexity index is 2140. The number of sulfone groups is 1. The lowest BCUT2D eigenvalue weighted by molar-refractivity contribution is -0.302. The van der Waals surface area contributed by atoms with Crippen LogP contribution in [-0.2, 0) is 51.2 Å². The summed E-state index contributed by atoms with van der Waals surface area (Å²) in [5, 5.41) is 68.5. The molecule has 3 aliphatic rings. The van der Waals surface area contributed by atoms with E-state index in [4.69, 9.17) is 23.7 Å². The summed E-state index contributed by atoms with van der Waals surface area (Å²) in [6, 6.07) is 1.23. The summed E-state index contributed by atoms with van der Waals surface area (Å²) >= 11 is 0. The Labute approximate surface area is 420 Å².